The molecule has 116 valence electrons. The van der Waals surface area contributed by atoms with Crippen molar-refractivity contribution in [2.24, 2.45) is 0 Å². The number of likely N-dealkylation sites (N-methyl/N-ethyl adjacent to an activating group) is 1. The topological polar surface area (TPSA) is 29.5 Å². The molecule has 0 bridgehead atoms. The van der Waals surface area contributed by atoms with E-state index < -0.39 is 0 Å². The number of benzene rings is 1. The van der Waals surface area contributed by atoms with E-state index in [1.807, 2.05) is 26.0 Å². The summed E-state index contributed by atoms with van der Waals surface area (Å²) in [4.78, 5) is 14.5. The van der Waals surface area contributed by atoms with Gasteiger partial charge >= 0.3 is 0 Å². The van der Waals surface area contributed by atoms with Crippen molar-refractivity contribution in [1.82, 2.24) is 4.90 Å². The van der Waals surface area contributed by atoms with E-state index in [0.717, 1.165) is 42.8 Å². The number of nitrogens with zero attached hydrogens (tertiary/aromatic N) is 1. The summed E-state index contributed by atoms with van der Waals surface area (Å²) >= 11 is 0. The normalized spacial score (nSPS) is 19.0. The largest absolute Gasteiger partial charge is 0.377 e. The van der Waals surface area contributed by atoms with Crippen LogP contribution in [-0.2, 0) is 4.74 Å². The van der Waals surface area contributed by atoms with Gasteiger partial charge in [0.15, 0.2) is 5.78 Å². The van der Waals surface area contributed by atoms with Crippen LogP contribution in [0.1, 0.15) is 47.2 Å². The number of ether oxygens (including phenoxy) is 1. The molecule has 0 amide bonds. The second kappa shape index (κ2) is 7.71. The van der Waals surface area contributed by atoms with Gasteiger partial charge in [-0.25, -0.2) is 0 Å². The summed E-state index contributed by atoms with van der Waals surface area (Å²) in [6.45, 7) is 6.69. The monoisotopic (exact) mass is 289 g/mol. The van der Waals surface area contributed by atoms with E-state index in [1.54, 1.807) is 0 Å². The van der Waals surface area contributed by atoms with Gasteiger partial charge in [-0.3, -0.25) is 4.79 Å². The number of hydrogen-bond donors (Lipinski definition) is 0. The van der Waals surface area contributed by atoms with Crippen molar-refractivity contribution in [3.8, 4) is 0 Å². The molecule has 1 unspecified atom stereocenters. The Hall–Kier alpha value is -1.19. The van der Waals surface area contributed by atoms with Crippen LogP contribution in [0, 0.1) is 13.8 Å². The van der Waals surface area contributed by atoms with E-state index >= 15 is 0 Å². The van der Waals surface area contributed by atoms with Gasteiger partial charge in [0.1, 0.15) is 0 Å². The minimum atomic E-state index is 0.234. The molecule has 0 radical (unpaired) electrons. The molecule has 1 atom stereocenters. The Balaban J connectivity index is 1.79. The average Bonchev–Trinajstić information content (AvgIpc) is 2.45. The Bertz CT molecular complexity index is 458. The van der Waals surface area contributed by atoms with Crippen molar-refractivity contribution >= 4 is 5.78 Å². The smallest absolute Gasteiger partial charge is 0.164 e. The average molecular weight is 289 g/mol. The van der Waals surface area contributed by atoms with E-state index in [-0.39, 0.29) is 5.78 Å². The van der Waals surface area contributed by atoms with Crippen LogP contribution < -0.4 is 0 Å². The van der Waals surface area contributed by atoms with Crippen LogP contribution in [0.4, 0.5) is 0 Å². The molecule has 1 aliphatic rings. The minimum absolute atomic E-state index is 0.234. The molecule has 0 spiro atoms. The number of carbonyl (C=O) groups is 1. The van der Waals surface area contributed by atoms with Gasteiger partial charge in [-0.2, -0.15) is 0 Å². The third kappa shape index (κ3) is 5.25. The van der Waals surface area contributed by atoms with Gasteiger partial charge < -0.3 is 9.64 Å². The Morgan fingerprint density at radius 2 is 1.95 bits per heavy atom. The maximum Gasteiger partial charge on any atom is 0.164 e. The van der Waals surface area contributed by atoms with Gasteiger partial charge in [-0.1, -0.05) is 17.2 Å². The molecule has 1 fully saturated rings. The fourth-order valence-electron chi connectivity index (χ4n) is 2.96. The number of hydrogen-bond acceptors (Lipinski definition) is 3. The van der Waals surface area contributed by atoms with E-state index in [0.29, 0.717) is 12.5 Å². The lowest BCUT2D eigenvalue weighted by atomic mass is 10.0. The van der Waals surface area contributed by atoms with Gasteiger partial charge in [-0.05, 0) is 52.3 Å². The van der Waals surface area contributed by atoms with Crippen LogP contribution in [0.3, 0.4) is 0 Å². The molecular weight excluding hydrogens is 262 g/mol. The van der Waals surface area contributed by atoms with Crippen molar-refractivity contribution in [3.05, 3.63) is 34.9 Å². The molecule has 1 aromatic carbocycles. The zero-order valence-electron chi connectivity index (χ0n) is 13.5. The van der Waals surface area contributed by atoms with E-state index in [4.69, 9.17) is 4.74 Å². The number of Topliss-reactive ketones (excluding diaryl/α,β-unsaturated/α-hetero) is 1. The first-order chi connectivity index (χ1) is 10.0. The highest BCUT2D eigenvalue weighted by Crippen LogP contribution is 2.14. The maximum absolute atomic E-state index is 12.3. The standard InChI is InChI=1S/C18H27NO2/c1-14-10-15(2)12-16(11-14)18(20)7-8-19(3)13-17-6-4-5-9-21-17/h10-12,17H,4-9,13H2,1-3H3. The first kappa shape index (κ1) is 16.2. The van der Waals surface area contributed by atoms with Gasteiger partial charge in [-0.15, -0.1) is 0 Å². The predicted octanol–water partition coefficient (Wildman–Crippen LogP) is 3.38. The van der Waals surface area contributed by atoms with Crippen LogP contribution >= 0.6 is 0 Å². The fourth-order valence-corrected chi connectivity index (χ4v) is 2.96. The summed E-state index contributed by atoms with van der Waals surface area (Å²) in [5, 5.41) is 0. The minimum Gasteiger partial charge on any atom is -0.377 e. The van der Waals surface area contributed by atoms with Gasteiger partial charge in [0, 0.05) is 31.7 Å². The molecule has 2 rings (SSSR count). The molecule has 0 N–H and O–H groups in total. The van der Waals surface area contributed by atoms with Crippen LogP contribution in [0.15, 0.2) is 18.2 Å². The van der Waals surface area contributed by atoms with Crippen molar-refractivity contribution in [2.45, 2.75) is 45.6 Å². The SMILES string of the molecule is Cc1cc(C)cc(C(=O)CCN(C)CC2CCCCO2)c1. The van der Waals surface area contributed by atoms with Crippen LogP contribution in [0.25, 0.3) is 0 Å². The second-order valence-electron chi connectivity index (χ2n) is 6.30. The van der Waals surface area contributed by atoms with Gasteiger partial charge in [0.2, 0.25) is 0 Å². The Morgan fingerprint density at radius 3 is 2.57 bits per heavy atom. The quantitative estimate of drug-likeness (QED) is 0.752. The number of aryl methyl sites for hydroxylation is 2. The summed E-state index contributed by atoms with van der Waals surface area (Å²) < 4.78 is 5.74. The molecule has 1 aromatic rings. The molecule has 0 aliphatic carbocycles. The first-order valence-corrected chi connectivity index (χ1v) is 7.96. The highest BCUT2D eigenvalue weighted by molar-refractivity contribution is 5.96. The lowest BCUT2D eigenvalue weighted by Crippen LogP contribution is -2.34. The van der Waals surface area contributed by atoms with Crippen molar-refractivity contribution < 1.29 is 9.53 Å². The van der Waals surface area contributed by atoms with Crippen LogP contribution in [0.5, 0.6) is 0 Å². The number of carbonyl (C=O) groups excluding carboxylic acids is 1. The third-order valence-corrected chi connectivity index (χ3v) is 4.05. The predicted molar refractivity (Wildman–Crippen MR) is 86.0 cm³/mol. The Labute approximate surface area is 128 Å². The van der Waals surface area contributed by atoms with E-state index in [9.17, 15) is 4.79 Å². The van der Waals surface area contributed by atoms with Gasteiger partial charge in [0.25, 0.3) is 0 Å². The maximum atomic E-state index is 12.3. The molecular formula is C18H27NO2. The molecule has 1 aliphatic heterocycles. The first-order valence-electron chi connectivity index (χ1n) is 7.96. The van der Waals surface area contributed by atoms with Crippen molar-refractivity contribution in [3.63, 3.8) is 0 Å². The highest BCUT2D eigenvalue weighted by atomic mass is 16.5. The summed E-state index contributed by atoms with van der Waals surface area (Å²) in [7, 11) is 2.08. The fraction of sp³-hybridized carbons (Fsp3) is 0.611. The van der Waals surface area contributed by atoms with Crippen LogP contribution in [0.2, 0.25) is 0 Å². The second-order valence-corrected chi connectivity index (χ2v) is 6.30. The Kier molecular flexibility index (Phi) is 5.95. The molecule has 0 saturated carbocycles. The number of ketones is 1. The molecule has 3 nitrogen and oxygen atoms in total. The third-order valence-electron chi connectivity index (χ3n) is 4.05. The highest BCUT2D eigenvalue weighted by Gasteiger charge is 2.16. The van der Waals surface area contributed by atoms with E-state index in [2.05, 4.69) is 18.0 Å². The molecule has 3 heteroatoms. The van der Waals surface area contributed by atoms with Gasteiger partial charge in [0.05, 0.1) is 6.10 Å². The lowest BCUT2D eigenvalue weighted by Gasteiger charge is -2.27. The zero-order valence-corrected chi connectivity index (χ0v) is 13.5. The van der Waals surface area contributed by atoms with E-state index in [1.165, 1.54) is 12.8 Å². The summed E-state index contributed by atoms with van der Waals surface area (Å²) in [5.41, 5.74) is 3.15. The summed E-state index contributed by atoms with van der Waals surface area (Å²) in [6.07, 6.45) is 4.52. The van der Waals surface area contributed by atoms with Crippen LogP contribution in [-0.4, -0.2) is 43.5 Å². The summed E-state index contributed by atoms with van der Waals surface area (Å²) in [6, 6.07) is 6.07. The Morgan fingerprint density at radius 1 is 1.24 bits per heavy atom. The molecule has 21 heavy (non-hydrogen) atoms. The lowest BCUT2D eigenvalue weighted by molar-refractivity contribution is -0.00144. The molecule has 0 aromatic heterocycles. The zero-order chi connectivity index (χ0) is 15.2. The summed E-state index contributed by atoms with van der Waals surface area (Å²) in [5.74, 6) is 0.234. The van der Waals surface area contributed by atoms with Crippen molar-refractivity contribution in [1.29, 1.82) is 0 Å². The molecule has 1 heterocycles. The molecule has 1 saturated heterocycles. The number of rotatable bonds is 6. The van der Waals surface area contributed by atoms with Crippen molar-refractivity contribution in [2.75, 3.05) is 26.7 Å².